The molecule has 0 saturated carbocycles. The summed E-state index contributed by atoms with van der Waals surface area (Å²) in [4.78, 5) is 12.5. The van der Waals surface area contributed by atoms with Crippen molar-refractivity contribution in [3.05, 3.63) is 83.3 Å². The number of sulfonamides is 1. The van der Waals surface area contributed by atoms with Gasteiger partial charge in [-0.3, -0.25) is 4.79 Å². The summed E-state index contributed by atoms with van der Waals surface area (Å²) in [6, 6.07) is 12.7. The Labute approximate surface area is 182 Å². The second-order valence-electron chi connectivity index (χ2n) is 6.72. The summed E-state index contributed by atoms with van der Waals surface area (Å²) in [6.07, 6.45) is -3.46. The third-order valence-corrected chi connectivity index (χ3v) is 5.82. The van der Waals surface area contributed by atoms with Crippen LogP contribution in [-0.2, 0) is 23.1 Å². The predicted molar refractivity (Wildman–Crippen MR) is 108 cm³/mol. The first-order chi connectivity index (χ1) is 15.0. The van der Waals surface area contributed by atoms with Crippen molar-refractivity contribution in [2.24, 2.45) is 0 Å². The number of carbonyl (C=O) groups excluding carboxylic acids is 1. The van der Waals surface area contributed by atoms with E-state index in [1.807, 2.05) is 0 Å². The van der Waals surface area contributed by atoms with Gasteiger partial charge in [0.15, 0.2) is 0 Å². The summed E-state index contributed by atoms with van der Waals surface area (Å²) in [6.45, 7) is 1.29. The van der Waals surface area contributed by atoms with E-state index in [2.05, 4.69) is 14.8 Å². The number of nitrogens with one attached hydrogen (secondary N) is 2. The van der Waals surface area contributed by atoms with Crippen LogP contribution < -0.4 is 14.8 Å². The van der Waals surface area contributed by atoms with E-state index in [4.69, 9.17) is 4.42 Å². The smallest absolute Gasteiger partial charge is 0.468 e. The molecule has 0 spiro atoms. The van der Waals surface area contributed by atoms with Crippen molar-refractivity contribution in [1.82, 2.24) is 10.0 Å². The molecule has 3 rings (SSSR count). The number of hydrogen-bond donors (Lipinski definition) is 2. The second-order valence-corrected chi connectivity index (χ2v) is 8.49. The van der Waals surface area contributed by atoms with Crippen LogP contribution in [0, 0.1) is 6.92 Å². The van der Waals surface area contributed by atoms with Gasteiger partial charge >= 0.3 is 6.36 Å². The lowest BCUT2D eigenvalue weighted by Gasteiger charge is -2.14. The molecule has 0 unspecified atom stereocenters. The number of rotatable bonds is 8. The monoisotopic (exact) mass is 468 g/mol. The van der Waals surface area contributed by atoms with E-state index in [1.54, 1.807) is 19.1 Å². The van der Waals surface area contributed by atoms with Crippen LogP contribution in [0.15, 0.2) is 70.2 Å². The van der Waals surface area contributed by atoms with E-state index in [-0.39, 0.29) is 29.1 Å². The molecule has 0 aliphatic carbocycles. The Morgan fingerprint density at radius 1 is 1.06 bits per heavy atom. The molecule has 11 heteroatoms. The molecule has 0 atom stereocenters. The molecule has 32 heavy (non-hydrogen) atoms. The lowest BCUT2D eigenvalue weighted by atomic mass is 10.1. The maximum Gasteiger partial charge on any atom is 0.573 e. The molecule has 7 nitrogen and oxygen atoms in total. The summed E-state index contributed by atoms with van der Waals surface area (Å²) < 4.78 is 74.3. The van der Waals surface area contributed by atoms with Crippen molar-refractivity contribution in [2.45, 2.75) is 31.3 Å². The van der Waals surface area contributed by atoms with E-state index in [1.165, 1.54) is 42.7 Å². The first-order valence-electron chi connectivity index (χ1n) is 9.30. The average Bonchev–Trinajstić information content (AvgIpc) is 3.24. The molecular weight excluding hydrogens is 449 g/mol. The Kier molecular flexibility index (Phi) is 6.90. The van der Waals surface area contributed by atoms with Crippen molar-refractivity contribution in [3.8, 4) is 5.75 Å². The van der Waals surface area contributed by atoms with Crippen LogP contribution in [0.1, 0.15) is 27.2 Å². The number of aryl methyl sites for hydroxylation is 1. The number of halogens is 3. The summed E-state index contributed by atoms with van der Waals surface area (Å²) in [5.41, 5.74) is 0.673. The zero-order chi connectivity index (χ0) is 23.4. The van der Waals surface area contributed by atoms with Gasteiger partial charge in [-0.1, -0.05) is 24.3 Å². The standard InChI is InChI=1S/C21H19F3N2O5S/c1-14-8-9-17(32(28,29)26-13-16-6-4-10-30-16)11-18(14)20(27)25-12-15-5-2-3-7-19(15)31-21(22,23)24/h2-11,26H,12-13H2,1H3,(H,25,27). The summed E-state index contributed by atoms with van der Waals surface area (Å²) in [7, 11) is -3.94. The zero-order valence-corrected chi connectivity index (χ0v) is 17.6. The molecule has 3 aromatic rings. The highest BCUT2D eigenvalue weighted by molar-refractivity contribution is 7.89. The van der Waals surface area contributed by atoms with Gasteiger partial charge in [-0.05, 0) is 42.8 Å². The van der Waals surface area contributed by atoms with Crippen molar-refractivity contribution in [1.29, 1.82) is 0 Å². The second kappa shape index (κ2) is 9.45. The molecule has 1 heterocycles. The Hall–Kier alpha value is -3.31. The molecule has 2 aromatic carbocycles. The number of hydrogen-bond acceptors (Lipinski definition) is 5. The number of ether oxygens (including phenoxy) is 1. The maximum atomic E-state index is 12.7. The summed E-state index contributed by atoms with van der Waals surface area (Å²) in [5, 5.41) is 2.50. The van der Waals surface area contributed by atoms with Crippen molar-refractivity contribution in [3.63, 3.8) is 0 Å². The molecule has 2 N–H and O–H groups in total. The summed E-state index contributed by atoms with van der Waals surface area (Å²) in [5.74, 6) is -0.665. The van der Waals surface area contributed by atoms with E-state index in [0.29, 0.717) is 11.3 Å². The first kappa shape index (κ1) is 23.4. The molecule has 1 amide bonds. The number of benzene rings is 2. The van der Waals surface area contributed by atoms with Crippen LogP contribution >= 0.6 is 0 Å². The van der Waals surface area contributed by atoms with Gasteiger partial charge in [-0.15, -0.1) is 13.2 Å². The fraction of sp³-hybridized carbons (Fsp3) is 0.190. The molecule has 0 aliphatic heterocycles. The molecule has 0 aliphatic rings. The highest BCUT2D eigenvalue weighted by Crippen LogP contribution is 2.26. The number of furan rings is 1. The van der Waals surface area contributed by atoms with E-state index >= 15 is 0 Å². The zero-order valence-electron chi connectivity index (χ0n) is 16.8. The summed E-state index contributed by atoms with van der Waals surface area (Å²) >= 11 is 0. The molecule has 0 radical (unpaired) electrons. The van der Waals surface area contributed by atoms with E-state index in [0.717, 1.165) is 6.07 Å². The van der Waals surface area contributed by atoms with Gasteiger partial charge in [-0.25, -0.2) is 13.1 Å². The van der Waals surface area contributed by atoms with Crippen LogP contribution in [0.3, 0.4) is 0 Å². The van der Waals surface area contributed by atoms with Gasteiger partial charge in [0.2, 0.25) is 10.0 Å². The van der Waals surface area contributed by atoms with Crippen LogP contribution in [0.25, 0.3) is 0 Å². The molecule has 0 bridgehead atoms. The van der Waals surface area contributed by atoms with Crippen molar-refractivity contribution < 1.29 is 35.5 Å². The van der Waals surface area contributed by atoms with Gasteiger partial charge < -0.3 is 14.5 Å². The number of amides is 1. The van der Waals surface area contributed by atoms with Gasteiger partial charge in [0.05, 0.1) is 17.7 Å². The Bertz CT molecular complexity index is 1190. The van der Waals surface area contributed by atoms with Crippen LogP contribution in [0.2, 0.25) is 0 Å². The van der Waals surface area contributed by atoms with Gasteiger partial charge in [0.25, 0.3) is 5.91 Å². The Morgan fingerprint density at radius 2 is 1.81 bits per heavy atom. The Morgan fingerprint density at radius 3 is 2.50 bits per heavy atom. The molecular formula is C21H19F3N2O5S. The lowest BCUT2D eigenvalue weighted by Crippen LogP contribution is -2.26. The number of para-hydroxylation sites is 1. The quantitative estimate of drug-likeness (QED) is 0.523. The van der Waals surface area contributed by atoms with Gasteiger partial charge in [0.1, 0.15) is 11.5 Å². The molecule has 0 saturated heterocycles. The minimum absolute atomic E-state index is 0.0687. The van der Waals surface area contributed by atoms with Gasteiger partial charge in [0, 0.05) is 17.7 Å². The fourth-order valence-corrected chi connectivity index (χ4v) is 3.84. The van der Waals surface area contributed by atoms with Crippen LogP contribution in [0.5, 0.6) is 5.75 Å². The highest BCUT2D eigenvalue weighted by atomic mass is 32.2. The van der Waals surface area contributed by atoms with E-state index < -0.39 is 28.0 Å². The minimum atomic E-state index is -4.87. The number of carbonyl (C=O) groups is 1. The topological polar surface area (TPSA) is 97.6 Å². The SMILES string of the molecule is Cc1ccc(S(=O)(=O)NCc2ccco2)cc1C(=O)NCc1ccccc1OC(F)(F)F. The molecule has 0 fully saturated rings. The minimum Gasteiger partial charge on any atom is -0.468 e. The average molecular weight is 468 g/mol. The fourth-order valence-electron chi connectivity index (χ4n) is 2.82. The highest BCUT2D eigenvalue weighted by Gasteiger charge is 2.32. The first-order valence-corrected chi connectivity index (χ1v) is 10.8. The van der Waals surface area contributed by atoms with Crippen molar-refractivity contribution >= 4 is 15.9 Å². The molecule has 170 valence electrons. The third-order valence-electron chi connectivity index (χ3n) is 4.42. The van der Waals surface area contributed by atoms with Crippen LogP contribution in [-0.4, -0.2) is 20.7 Å². The number of alkyl halides is 3. The van der Waals surface area contributed by atoms with Crippen molar-refractivity contribution in [2.75, 3.05) is 0 Å². The predicted octanol–water partition coefficient (Wildman–Crippen LogP) is 3.90. The largest absolute Gasteiger partial charge is 0.573 e. The third kappa shape index (κ3) is 6.11. The normalized spacial score (nSPS) is 11.9. The van der Waals surface area contributed by atoms with Crippen LogP contribution in [0.4, 0.5) is 13.2 Å². The van der Waals surface area contributed by atoms with Gasteiger partial charge in [-0.2, -0.15) is 0 Å². The lowest BCUT2D eigenvalue weighted by molar-refractivity contribution is -0.274. The maximum absolute atomic E-state index is 12.7. The Balaban J connectivity index is 1.74. The van der Waals surface area contributed by atoms with E-state index in [9.17, 15) is 26.4 Å². The molecule has 1 aromatic heterocycles.